The van der Waals surface area contributed by atoms with E-state index in [2.05, 4.69) is 20.6 Å². The molecule has 0 spiro atoms. The van der Waals surface area contributed by atoms with Gasteiger partial charge in [0.2, 0.25) is 0 Å². The predicted molar refractivity (Wildman–Crippen MR) is 73.8 cm³/mol. The van der Waals surface area contributed by atoms with Crippen LogP contribution in [0, 0.1) is 0 Å². The molecule has 6 nitrogen and oxygen atoms in total. The van der Waals surface area contributed by atoms with Crippen molar-refractivity contribution in [3.63, 3.8) is 0 Å². The van der Waals surface area contributed by atoms with Gasteiger partial charge >= 0.3 is 0 Å². The lowest BCUT2D eigenvalue weighted by Gasteiger charge is -2.12. The van der Waals surface area contributed by atoms with E-state index >= 15 is 0 Å². The Kier molecular flexibility index (Phi) is 5.33. The first-order chi connectivity index (χ1) is 8.54. The first kappa shape index (κ1) is 14.7. The van der Waals surface area contributed by atoms with Gasteiger partial charge in [-0.05, 0) is 6.42 Å². The summed E-state index contributed by atoms with van der Waals surface area (Å²) in [5.74, 6) is 1.75. The van der Waals surface area contributed by atoms with Gasteiger partial charge in [-0.25, -0.2) is 18.4 Å². The highest BCUT2D eigenvalue weighted by Crippen LogP contribution is 2.19. The van der Waals surface area contributed by atoms with E-state index in [1.165, 1.54) is 6.33 Å². The molecule has 0 aromatic carbocycles. The molecule has 1 rings (SSSR count). The van der Waals surface area contributed by atoms with Crippen molar-refractivity contribution in [3.05, 3.63) is 11.9 Å². The lowest BCUT2D eigenvalue weighted by molar-refractivity contribution is 0.597. The molecular formula is C11H20N4O2S. The van der Waals surface area contributed by atoms with Crippen LogP contribution in [0.1, 0.15) is 19.4 Å². The van der Waals surface area contributed by atoms with Crippen LogP contribution in [0.15, 0.2) is 6.33 Å². The molecule has 0 aliphatic carbocycles. The Morgan fingerprint density at radius 2 is 1.89 bits per heavy atom. The van der Waals surface area contributed by atoms with Crippen LogP contribution < -0.4 is 10.6 Å². The molecule has 1 aromatic heterocycles. The molecule has 1 aromatic rings. The smallest absolute Gasteiger partial charge is 0.151 e. The summed E-state index contributed by atoms with van der Waals surface area (Å²) in [6.45, 7) is 4.02. The fourth-order valence-corrected chi connectivity index (χ4v) is 2.29. The van der Waals surface area contributed by atoms with E-state index in [9.17, 15) is 8.42 Å². The second-order valence-corrected chi connectivity index (χ2v) is 6.29. The van der Waals surface area contributed by atoms with Crippen molar-refractivity contribution in [2.24, 2.45) is 0 Å². The molecule has 0 aliphatic rings. The Morgan fingerprint density at radius 3 is 2.44 bits per heavy atom. The third-order valence-corrected chi connectivity index (χ3v) is 4.39. The van der Waals surface area contributed by atoms with Crippen LogP contribution in [0.5, 0.6) is 0 Å². The van der Waals surface area contributed by atoms with Crippen molar-refractivity contribution in [2.45, 2.75) is 20.3 Å². The SMILES string of the molecule is CCc1c(NC)ncnc1NCCS(=O)(=O)CC. The quantitative estimate of drug-likeness (QED) is 0.768. The second-order valence-electron chi connectivity index (χ2n) is 3.82. The predicted octanol–water partition coefficient (Wildman–Crippen LogP) is 0.927. The highest BCUT2D eigenvalue weighted by atomic mass is 32.2. The minimum Gasteiger partial charge on any atom is -0.373 e. The number of nitrogens with zero attached hydrogens (tertiary/aromatic N) is 2. The molecule has 7 heteroatoms. The largest absolute Gasteiger partial charge is 0.373 e. The monoisotopic (exact) mass is 272 g/mol. The molecule has 0 atom stereocenters. The number of nitrogens with one attached hydrogen (secondary N) is 2. The molecule has 0 radical (unpaired) electrons. The summed E-state index contributed by atoms with van der Waals surface area (Å²) in [4.78, 5) is 8.27. The van der Waals surface area contributed by atoms with E-state index in [1.54, 1.807) is 14.0 Å². The fourth-order valence-electron chi connectivity index (χ4n) is 1.58. The molecule has 0 saturated heterocycles. The zero-order valence-corrected chi connectivity index (χ0v) is 11.8. The Bertz CT molecular complexity index is 488. The van der Waals surface area contributed by atoms with Gasteiger partial charge < -0.3 is 10.6 Å². The summed E-state index contributed by atoms with van der Waals surface area (Å²) in [5.41, 5.74) is 0.967. The molecule has 0 aliphatic heterocycles. The van der Waals surface area contributed by atoms with Gasteiger partial charge in [-0.3, -0.25) is 0 Å². The van der Waals surface area contributed by atoms with Crippen molar-refractivity contribution >= 4 is 21.5 Å². The van der Waals surface area contributed by atoms with Gasteiger partial charge in [-0.1, -0.05) is 13.8 Å². The second kappa shape index (κ2) is 6.53. The van der Waals surface area contributed by atoms with E-state index in [0.29, 0.717) is 12.4 Å². The summed E-state index contributed by atoms with van der Waals surface area (Å²) in [5, 5.41) is 6.05. The molecule has 2 N–H and O–H groups in total. The first-order valence-electron chi connectivity index (χ1n) is 6.00. The van der Waals surface area contributed by atoms with Crippen LogP contribution in [0.3, 0.4) is 0 Å². The van der Waals surface area contributed by atoms with Gasteiger partial charge in [0, 0.05) is 24.9 Å². The van der Waals surface area contributed by atoms with Crippen LogP contribution in [0.25, 0.3) is 0 Å². The number of sulfone groups is 1. The van der Waals surface area contributed by atoms with Crippen LogP contribution in [-0.2, 0) is 16.3 Å². The maximum absolute atomic E-state index is 11.4. The van der Waals surface area contributed by atoms with Crippen LogP contribution in [-0.4, -0.2) is 43.5 Å². The molecule has 18 heavy (non-hydrogen) atoms. The molecule has 0 saturated carbocycles. The molecule has 1 heterocycles. The Morgan fingerprint density at radius 1 is 1.22 bits per heavy atom. The molecule has 0 amide bonds. The van der Waals surface area contributed by atoms with Crippen molar-refractivity contribution in [2.75, 3.05) is 35.7 Å². The topological polar surface area (TPSA) is 84.0 Å². The van der Waals surface area contributed by atoms with Gasteiger partial charge in [0.25, 0.3) is 0 Å². The van der Waals surface area contributed by atoms with Gasteiger partial charge in [-0.2, -0.15) is 0 Å². The summed E-state index contributed by atoms with van der Waals surface area (Å²) >= 11 is 0. The normalized spacial score (nSPS) is 11.3. The molecule has 0 unspecified atom stereocenters. The average molecular weight is 272 g/mol. The zero-order chi connectivity index (χ0) is 13.6. The van der Waals surface area contributed by atoms with E-state index in [-0.39, 0.29) is 11.5 Å². The fraction of sp³-hybridized carbons (Fsp3) is 0.636. The minimum absolute atomic E-state index is 0.117. The van der Waals surface area contributed by atoms with Crippen molar-refractivity contribution in [1.82, 2.24) is 9.97 Å². The summed E-state index contributed by atoms with van der Waals surface area (Å²) in [6, 6.07) is 0. The van der Waals surface area contributed by atoms with E-state index in [1.807, 2.05) is 6.92 Å². The minimum atomic E-state index is -2.95. The number of aromatic nitrogens is 2. The van der Waals surface area contributed by atoms with Crippen LogP contribution >= 0.6 is 0 Å². The average Bonchev–Trinajstić information content (AvgIpc) is 2.38. The summed E-state index contributed by atoms with van der Waals surface area (Å²) in [6.07, 6.45) is 2.24. The van der Waals surface area contributed by atoms with E-state index < -0.39 is 9.84 Å². The van der Waals surface area contributed by atoms with Gasteiger partial charge in [0.15, 0.2) is 9.84 Å². The van der Waals surface area contributed by atoms with E-state index in [4.69, 9.17) is 0 Å². The number of rotatable bonds is 7. The Labute approximate surface area is 108 Å². The third-order valence-electron chi connectivity index (χ3n) is 2.68. The number of anilines is 2. The van der Waals surface area contributed by atoms with Crippen LogP contribution in [0.2, 0.25) is 0 Å². The molecule has 0 bridgehead atoms. The number of hydrogen-bond acceptors (Lipinski definition) is 6. The zero-order valence-electron chi connectivity index (χ0n) is 11.0. The van der Waals surface area contributed by atoms with Gasteiger partial charge in [-0.15, -0.1) is 0 Å². The molecule has 0 fully saturated rings. The van der Waals surface area contributed by atoms with E-state index in [0.717, 1.165) is 17.8 Å². The first-order valence-corrected chi connectivity index (χ1v) is 7.82. The van der Waals surface area contributed by atoms with Crippen molar-refractivity contribution in [1.29, 1.82) is 0 Å². The maximum atomic E-state index is 11.4. The lowest BCUT2D eigenvalue weighted by atomic mass is 10.2. The van der Waals surface area contributed by atoms with Crippen molar-refractivity contribution in [3.8, 4) is 0 Å². The highest BCUT2D eigenvalue weighted by molar-refractivity contribution is 7.91. The third kappa shape index (κ3) is 3.83. The Hall–Kier alpha value is -1.37. The van der Waals surface area contributed by atoms with Gasteiger partial charge in [0.05, 0.1) is 5.75 Å². The van der Waals surface area contributed by atoms with Crippen LogP contribution in [0.4, 0.5) is 11.6 Å². The van der Waals surface area contributed by atoms with Gasteiger partial charge in [0.1, 0.15) is 18.0 Å². The summed E-state index contributed by atoms with van der Waals surface area (Å²) in [7, 11) is -1.15. The summed E-state index contributed by atoms with van der Waals surface area (Å²) < 4.78 is 22.8. The maximum Gasteiger partial charge on any atom is 0.151 e. The lowest BCUT2D eigenvalue weighted by Crippen LogP contribution is -2.18. The highest BCUT2D eigenvalue weighted by Gasteiger charge is 2.10. The molecule has 102 valence electrons. The van der Waals surface area contributed by atoms with Crippen molar-refractivity contribution < 1.29 is 8.42 Å². The Balaban J connectivity index is 2.73. The number of hydrogen-bond donors (Lipinski definition) is 2. The standard InChI is InChI=1S/C11H20N4O2S/c1-4-9-10(12-3)14-8-15-11(9)13-6-7-18(16,17)5-2/h8H,4-7H2,1-3H3,(H2,12,13,14,15). The molecular weight excluding hydrogens is 252 g/mol.